The zero-order valence-corrected chi connectivity index (χ0v) is 8.91. The first-order chi connectivity index (χ1) is 7.11. The van der Waals surface area contributed by atoms with Crippen LogP contribution in [0.4, 0.5) is 0 Å². The first kappa shape index (κ1) is 13.5. The molecule has 0 radical (unpaired) electrons. The van der Waals surface area contributed by atoms with Gasteiger partial charge in [0.1, 0.15) is 0 Å². The molecule has 82 valence electrons. The molecule has 6 heteroatoms. The van der Waals surface area contributed by atoms with Crippen LogP contribution in [0.25, 0.3) is 0 Å². The largest absolute Gasteiger partial charge is 0.461 e. The summed E-state index contributed by atoms with van der Waals surface area (Å²) in [5.41, 5.74) is -0.202. The number of rotatable bonds is 6. The van der Waals surface area contributed by atoms with Crippen LogP contribution in [0, 0.1) is 12.3 Å². The Bertz CT molecular complexity index is 306. The molecule has 0 fully saturated rings. The Morgan fingerprint density at radius 2 is 2.20 bits per heavy atom. The van der Waals surface area contributed by atoms with Gasteiger partial charge in [-0.3, -0.25) is 4.79 Å². The fourth-order valence-electron chi connectivity index (χ4n) is 0.635. The van der Waals surface area contributed by atoms with Crippen molar-refractivity contribution in [2.24, 2.45) is 5.16 Å². The Hall–Kier alpha value is -1.54. The van der Waals surface area contributed by atoms with E-state index in [2.05, 4.69) is 20.7 Å². The molecule has 0 amide bonds. The Morgan fingerprint density at radius 3 is 2.67 bits per heavy atom. The molecule has 0 N–H and O–H groups in total. The highest BCUT2D eigenvalue weighted by atomic mass is 35.5. The van der Waals surface area contributed by atoms with Gasteiger partial charge in [0.25, 0.3) is 0 Å². The third kappa shape index (κ3) is 6.52. The molecule has 0 aromatic carbocycles. The lowest BCUT2D eigenvalue weighted by Crippen LogP contribution is -2.20. The van der Waals surface area contributed by atoms with Gasteiger partial charge in [0.15, 0.2) is 12.3 Å². The van der Waals surface area contributed by atoms with Crippen molar-refractivity contribution >= 4 is 28.5 Å². The number of halogens is 1. The van der Waals surface area contributed by atoms with E-state index in [1.807, 2.05) is 0 Å². The standard InChI is InChI=1S/C9H10ClNO4/c1-3-5-15-11-7(6-8(10)12)9(13)14-4-2/h1H,4-6H2,2H3/b11-7-. The third-order valence-electron chi connectivity index (χ3n) is 1.14. The zero-order valence-electron chi connectivity index (χ0n) is 8.16. The van der Waals surface area contributed by atoms with Crippen LogP contribution in [0.3, 0.4) is 0 Å². The van der Waals surface area contributed by atoms with Crippen molar-refractivity contribution in [2.75, 3.05) is 13.2 Å². The number of nitrogens with zero attached hydrogens (tertiary/aromatic N) is 1. The number of oxime groups is 1. The van der Waals surface area contributed by atoms with Gasteiger partial charge in [-0.05, 0) is 18.5 Å². The zero-order chi connectivity index (χ0) is 11.7. The lowest BCUT2D eigenvalue weighted by molar-refractivity contribution is -0.135. The van der Waals surface area contributed by atoms with Crippen molar-refractivity contribution in [1.29, 1.82) is 0 Å². The second kappa shape index (κ2) is 7.83. The molecule has 0 saturated carbocycles. The maximum atomic E-state index is 11.2. The number of carbonyl (C=O) groups excluding carboxylic acids is 2. The van der Waals surface area contributed by atoms with Crippen molar-refractivity contribution in [3.8, 4) is 12.3 Å². The maximum Gasteiger partial charge on any atom is 0.356 e. The van der Waals surface area contributed by atoms with E-state index < -0.39 is 11.2 Å². The Kier molecular flexibility index (Phi) is 7.02. The van der Waals surface area contributed by atoms with Crippen LogP contribution in [-0.4, -0.2) is 30.1 Å². The highest BCUT2D eigenvalue weighted by molar-refractivity contribution is 6.66. The minimum Gasteiger partial charge on any atom is -0.461 e. The van der Waals surface area contributed by atoms with E-state index in [9.17, 15) is 9.59 Å². The maximum absolute atomic E-state index is 11.2. The van der Waals surface area contributed by atoms with E-state index in [0.29, 0.717) is 0 Å². The van der Waals surface area contributed by atoms with E-state index >= 15 is 0 Å². The number of esters is 1. The van der Waals surface area contributed by atoms with Crippen LogP contribution >= 0.6 is 11.6 Å². The molecule has 0 aliphatic heterocycles. The van der Waals surface area contributed by atoms with Crippen LogP contribution in [0.15, 0.2) is 5.16 Å². The van der Waals surface area contributed by atoms with E-state index in [-0.39, 0.29) is 25.3 Å². The molecule has 0 aromatic rings. The van der Waals surface area contributed by atoms with Crippen molar-refractivity contribution in [2.45, 2.75) is 13.3 Å². The highest BCUT2D eigenvalue weighted by Crippen LogP contribution is 1.97. The number of hydrogen-bond donors (Lipinski definition) is 0. The van der Waals surface area contributed by atoms with Gasteiger partial charge in [-0.1, -0.05) is 11.1 Å². The quantitative estimate of drug-likeness (QED) is 0.169. The fraction of sp³-hybridized carbons (Fsp3) is 0.444. The van der Waals surface area contributed by atoms with Crippen molar-refractivity contribution in [3.63, 3.8) is 0 Å². The molecule has 0 aromatic heterocycles. The second-order valence-electron chi connectivity index (χ2n) is 2.27. The molecular weight excluding hydrogens is 222 g/mol. The lowest BCUT2D eigenvalue weighted by atomic mass is 10.3. The lowest BCUT2D eigenvalue weighted by Gasteiger charge is -2.02. The minimum absolute atomic E-state index is 0.0978. The predicted molar refractivity (Wildman–Crippen MR) is 54.3 cm³/mol. The van der Waals surface area contributed by atoms with Crippen molar-refractivity contribution in [1.82, 2.24) is 0 Å². The molecule has 0 atom stereocenters. The summed E-state index contributed by atoms with van der Waals surface area (Å²) in [5, 5.41) is 2.64. The van der Waals surface area contributed by atoms with Crippen molar-refractivity contribution in [3.05, 3.63) is 0 Å². The summed E-state index contributed by atoms with van der Waals surface area (Å²) in [5.74, 6) is 1.40. The summed E-state index contributed by atoms with van der Waals surface area (Å²) < 4.78 is 4.62. The summed E-state index contributed by atoms with van der Waals surface area (Å²) >= 11 is 5.11. The monoisotopic (exact) mass is 231 g/mol. The van der Waals surface area contributed by atoms with Gasteiger partial charge < -0.3 is 9.57 Å². The van der Waals surface area contributed by atoms with Gasteiger partial charge in [-0.25, -0.2) is 4.79 Å². The molecule has 0 aliphatic rings. The molecule has 0 bridgehead atoms. The summed E-state index contributed by atoms with van der Waals surface area (Å²) in [6.45, 7) is 1.70. The fourth-order valence-corrected chi connectivity index (χ4v) is 0.762. The molecule has 0 unspecified atom stereocenters. The van der Waals surface area contributed by atoms with Crippen LogP contribution in [0.5, 0.6) is 0 Å². The van der Waals surface area contributed by atoms with Crippen LogP contribution in [-0.2, 0) is 19.2 Å². The smallest absolute Gasteiger partial charge is 0.356 e. The highest BCUT2D eigenvalue weighted by Gasteiger charge is 2.16. The first-order valence-electron chi connectivity index (χ1n) is 4.09. The van der Waals surface area contributed by atoms with Crippen molar-refractivity contribution < 1.29 is 19.2 Å². The number of terminal acetylenes is 1. The van der Waals surface area contributed by atoms with E-state index in [4.69, 9.17) is 18.0 Å². The second-order valence-corrected chi connectivity index (χ2v) is 2.69. The normalized spacial score (nSPS) is 10.3. The summed E-state index contributed by atoms with van der Waals surface area (Å²) in [7, 11) is 0. The third-order valence-corrected chi connectivity index (χ3v) is 1.27. The minimum atomic E-state index is -0.747. The number of hydrogen-bond acceptors (Lipinski definition) is 5. The summed E-state index contributed by atoms with van der Waals surface area (Å²) in [4.78, 5) is 26.3. The van der Waals surface area contributed by atoms with Gasteiger partial charge in [0, 0.05) is 0 Å². The van der Waals surface area contributed by atoms with E-state index in [1.54, 1.807) is 6.92 Å². The SMILES string of the molecule is C#CCO/N=C(/CC(=O)Cl)C(=O)OCC. The van der Waals surface area contributed by atoms with Crippen LogP contribution in [0.1, 0.15) is 13.3 Å². The molecule has 5 nitrogen and oxygen atoms in total. The van der Waals surface area contributed by atoms with Gasteiger partial charge in [0.05, 0.1) is 13.0 Å². The molecule has 0 saturated heterocycles. The number of carbonyl (C=O) groups is 2. The van der Waals surface area contributed by atoms with Gasteiger partial charge in [-0.2, -0.15) is 0 Å². The molecule has 0 spiro atoms. The topological polar surface area (TPSA) is 65.0 Å². The first-order valence-corrected chi connectivity index (χ1v) is 4.47. The Balaban J connectivity index is 4.43. The van der Waals surface area contributed by atoms with Crippen LogP contribution < -0.4 is 0 Å². The predicted octanol–water partition coefficient (Wildman–Crippen LogP) is 0.711. The molecule has 0 rings (SSSR count). The average molecular weight is 232 g/mol. The molecular formula is C9H10ClNO4. The van der Waals surface area contributed by atoms with Gasteiger partial charge in [0.2, 0.25) is 5.24 Å². The molecule has 15 heavy (non-hydrogen) atoms. The average Bonchev–Trinajstić information content (AvgIpc) is 2.16. The van der Waals surface area contributed by atoms with Gasteiger partial charge >= 0.3 is 5.97 Å². The van der Waals surface area contributed by atoms with E-state index in [0.717, 1.165) is 0 Å². The summed E-state index contributed by atoms with van der Waals surface area (Å²) in [6.07, 6.45) is 4.54. The van der Waals surface area contributed by atoms with Crippen LogP contribution in [0.2, 0.25) is 0 Å². The summed E-state index contributed by atoms with van der Waals surface area (Å²) in [6, 6.07) is 0. The number of ether oxygens (including phenoxy) is 1. The van der Waals surface area contributed by atoms with Gasteiger partial charge in [-0.15, -0.1) is 6.42 Å². The molecule has 0 aliphatic carbocycles. The Morgan fingerprint density at radius 1 is 1.53 bits per heavy atom. The molecule has 0 heterocycles. The Labute approximate surface area is 92.4 Å². The van der Waals surface area contributed by atoms with E-state index in [1.165, 1.54) is 0 Å².